The molecule has 5 amide bonds. The minimum absolute atomic E-state index is 0.0868. The van der Waals surface area contributed by atoms with Crippen molar-refractivity contribution >= 4 is 46.8 Å². The highest BCUT2D eigenvalue weighted by Crippen LogP contribution is 2.45. The first-order valence-electron chi connectivity index (χ1n) is 19.7. The molecule has 288 valence electrons. The van der Waals surface area contributed by atoms with Gasteiger partial charge in [-0.1, -0.05) is 11.6 Å². The summed E-state index contributed by atoms with van der Waals surface area (Å²) in [7, 11) is 0. The summed E-state index contributed by atoms with van der Waals surface area (Å²) >= 11 is 6.18. The van der Waals surface area contributed by atoms with Crippen LogP contribution in [0.5, 0.6) is 5.75 Å². The fraction of sp³-hybridized carbons (Fsp3) is 0.442. The number of nitriles is 1. The molecule has 5 heterocycles. The molecule has 3 saturated heterocycles. The lowest BCUT2D eigenvalue weighted by molar-refractivity contribution is -0.136. The molecule has 1 spiro atoms. The number of nitrogens with one attached hydrogen (secondary N) is 1. The number of imide groups is 2. The van der Waals surface area contributed by atoms with Crippen LogP contribution in [0.25, 0.3) is 0 Å². The first-order chi connectivity index (χ1) is 27.1. The van der Waals surface area contributed by atoms with Crippen LogP contribution in [0.15, 0.2) is 54.6 Å². The summed E-state index contributed by atoms with van der Waals surface area (Å²) in [4.78, 5) is 71.8. The SMILES string of the molecule is N#Cc1ccc(OC2CCC3(CC2)CN(C(=O)c2ccc(N4CCC(CN5Cc6cc7c(cc6C5)C(=O)N(C5CCC(=O)NC5=O)C7=O)CC4)cc2)C3)cc1Cl. The summed E-state index contributed by atoms with van der Waals surface area (Å²) < 4.78 is 6.17. The molecule has 12 nitrogen and oxygen atoms in total. The average Bonchev–Trinajstić information content (AvgIpc) is 3.69. The van der Waals surface area contributed by atoms with Gasteiger partial charge in [-0.05, 0) is 111 Å². The third-order valence-corrected chi connectivity index (χ3v) is 13.2. The quantitative estimate of drug-likeness (QED) is 0.316. The Kier molecular flexibility index (Phi) is 9.33. The van der Waals surface area contributed by atoms with Gasteiger partial charge in [0, 0.05) is 75.0 Å². The Morgan fingerprint density at radius 1 is 0.875 bits per heavy atom. The van der Waals surface area contributed by atoms with Crippen LogP contribution in [0, 0.1) is 22.7 Å². The van der Waals surface area contributed by atoms with Gasteiger partial charge in [0.2, 0.25) is 11.8 Å². The second-order valence-corrected chi connectivity index (χ2v) is 16.9. The Bertz CT molecular complexity index is 2130. The number of carbonyl (C=O) groups excluding carboxylic acids is 5. The van der Waals surface area contributed by atoms with E-state index in [0.29, 0.717) is 46.5 Å². The zero-order chi connectivity index (χ0) is 38.7. The van der Waals surface area contributed by atoms with Crippen molar-refractivity contribution in [2.75, 3.05) is 37.6 Å². The van der Waals surface area contributed by atoms with Crippen LogP contribution in [-0.4, -0.2) is 89.1 Å². The number of ether oxygens (including phenoxy) is 1. The van der Waals surface area contributed by atoms with Crippen LogP contribution in [0.4, 0.5) is 5.69 Å². The Morgan fingerprint density at radius 2 is 1.54 bits per heavy atom. The van der Waals surface area contributed by atoms with Crippen LogP contribution in [0.2, 0.25) is 5.02 Å². The molecule has 0 bridgehead atoms. The van der Waals surface area contributed by atoms with Crippen molar-refractivity contribution in [3.05, 3.63) is 93.0 Å². The molecular formula is C43H43ClN6O6. The van der Waals surface area contributed by atoms with Crippen molar-refractivity contribution in [3.63, 3.8) is 0 Å². The van der Waals surface area contributed by atoms with Crippen molar-refractivity contribution in [2.24, 2.45) is 11.3 Å². The van der Waals surface area contributed by atoms with Crippen LogP contribution in [0.3, 0.4) is 0 Å². The van der Waals surface area contributed by atoms with Gasteiger partial charge in [0.15, 0.2) is 0 Å². The van der Waals surface area contributed by atoms with Gasteiger partial charge in [0.05, 0.1) is 27.8 Å². The molecule has 3 aromatic carbocycles. The van der Waals surface area contributed by atoms with Gasteiger partial charge in [0.1, 0.15) is 17.9 Å². The lowest BCUT2D eigenvalue weighted by Crippen LogP contribution is -2.60. The van der Waals surface area contributed by atoms with Gasteiger partial charge in [0.25, 0.3) is 17.7 Å². The predicted molar refractivity (Wildman–Crippen MR) is 206 cm³/mol. The number of likely N-dealkylation sites (tertiary alicyclic amines) is 1. The standard InChI is InChI=1S/C43H43ClN6O6/c44-36-19-33(6-3-28(36)20-45)56-32-9-13-43(14-10-32)24-49(25-43)40(53)27-1-4-31(5-2-27)48-15-11-26(12-16-48)21-47-22-29-17-34-35(18-30(29)23-47)42(55)50(41(34)54)37-7-8-38(51)46-39(37)52/h1-6,17-19,26,32,37H,7-16,21-25H2,(H,46,51,52). The van der Waals surface area contributed by atoms with E-state index in [4.69, 9.17) is 21.6 Å². The number of piperidine rings is 2. The molecule has 9 rings (SSSR count). The number of hydrogen-bond donors (Lipinski definition) is 1. The summed E-state index contributed by atoms with van der Waals surface area (Å²) in [5.41, 5.74) is 5.22. The average molecular weight is 775 g/mol. The summed E-state index contributed by atoms with van der Waals surface area (Å²) in [5, 5.41) is 11.8. The number of anilines is 1. The Balaban J connectivity index is 0.722. The molecule has 1 aliphatic carbocycles. The monoisotopic (exact) mass is 774 g/mol. The molecule has 4 fully saturated rings. The largest absolute Gasteiger partial charge is 0.490 e. The highest BCUT2D eigenvalue weighted by molar-refractivity contribution is 6.31. The lowest BCUT2D eigenvalue weighted by atomic mass is 9.67. The van der Waals surface area contributed by atoms with Crippen LogP contribution in [0.1, 0.15) is 99.1 Å². The van der Waals surface area contributed by atoms with Gasteiger partial charge in [-0.2, -0.15) is 5.26 Å². The summed E-state index contributed by atoms with van der Waals surface area (Å²) in [6.07, 6.45) is 6.33. The number of benzene rings is 3. The van der Waals surface area contributed by atoms with Crippen molar-refractivity contribution in [1.29, 1.82) is 5.26 Å². The zero-order valence-electron chi connectivity index (χ0n) is 31.1. The third-order valence-electron chi connectivity index (χ3n) is 12.9. The smallest absolute Gasteiger partial charge is 0.262 e. The number of amides is 5. The molecule has 0 radical (unpaired) electrons. The normalized spacial score (nSPS) is 22.5. The fourth-order valence-electron chi connectivity index (χ4n) is 9.70. The predicted octanol–water partition coefficient (Wildman–Crippen LogP) is 5.31. The second kappa shape index (κ2) is 14.4. The highest BCUT2D eigenvalue weighted by Gasteiger charge is 2.48. The third kappa shape index (κ3) is 6.71. The summed E-state index contributed by atoms with van der Waals surface area (Å²) in [6, 6.07) is 18.0. The lowest BCUT2D eigenvalue weighted by Gasteiger charge is -2.53. The highest BCUT2D eigenvalue weighted by atomic mass is 35.5. The first-order valence-corrected chi connectivity index (χ1v) is 20.0. The van der Waals surface area contributed by atoms with Gasteiger partial charge in [-0.25, -0.2) is 0 Å². The number of nitrogens with zero attached hydrogens (tertiary/aromatic N) is 5. The number of carbonyl (C=O) groups is 5. The van der Waals surface area contributed by atoms with Crippen LogP contribution < -0.4 is 15.0 Å². The molecule has 5 aliphatic heterocycles. The Hall–Kier alpha value is -5.25. The topological polar surface area (TPSA) is 143 Å². The number of hydrogen-bond acceptors (Lipinski definition) is 9. The van der Waals surface area contributed by atoms with Crippen LogP contribution in [-0.2, 0) is 22.7 Å². The van der Waals surface area contributed by atoms with E-state index in [-0.39, 0.29) is 36.2 Å². The van der Waals surface area contributed by atoms with Gasteiger partial charge in [-0.15, -0.1) is 0 Å². The van der Waals surface area contributed by atoms with Crippen molar-refractivity contribution in [1.82, 2.24) is 20.0 Å². The minimum atomic E-state index is -0.959. The maximum Gasteiger partial charge on any atom is 0.262 e. The molecular weight excluding hydrogens is 732 g/mol. The molecule has 1 unspecified atom stereocenters. The summed E-state index contributed by atoms with van der Waals surface area (Å²) in [5.74, 6) is -0.613. The molecule has 3 aromatic rings. The van der Waals surface area contributed by atoms with E-state index in [2.05, 4.69) is 33.3 Å². The van der Waals surface area contributed by atoms with E-state index < -0.39 is 23.8 Å². The van der Waals surface area contributed by atoms with E-state index in [0.717, 1.165) is 98.5 Å². The van der Waals surface area contributed by atoms with Gasteiger partial charge >= 0.3 is 0 Å². The van der Waals surface area contributed by atoms with Crippen LogP contribution >= 0.6 is 11.6 Å². The number of fused-ring (bicyclic) bond motifs is 2. The maximum atomic E-state index is 13.4. The molecule has 56 heavy (non-hydrogen) atoms. The Morgan fingerprint density at radius 3 is 2.14 bits per heavy atom. The molecule has 6 aliphatic rings. The Labute approximate surface area is 330 Å². The number of rotatable bonds is 7. The van der Waals surface area contributed by atoms with E-state index in [1.165, 1.54) is 0 Å². The maximum absolute atomic E-state index is 13.4. The van der Waals surface area contributed by atoms with E-state index in [1.807, 2.05) is 29.2 Å². The molecule has 1 saturated carbocycles. The van der Waals surface area contributed by atoms with E-state index in [1.54, 1.807) is 18.2 Å². The van der Waals surface area contributed by atoms with Gasteiger partial charge in [-0.3, -0.25) is 39.1 Å². The number of halogens is 1. The first kappa shape index (κ1) is 36.4. The van der Waals surface area contributed by atoms with E-state index >= 15 is 0 Å². The second-order valence-electron chi connectivity index (χ2n) is 16.5. The summed E-state index contributed by atoms with van der Waals surface area (Å²) in [6.45, 7) is 5.78. The molecule has 1 atom stereocenters. The van der Waals surface area contributed by atoms with Crippen molar-refractivity contribution in [3.8, 4) is 11.8 Å². The minimum Gasteiger partial charge on any atom is -0.490 e. The molecule has 0 aromatic heterocycles. The van der Waals surface area contributed by atoms with Crippen molar-refractivity contribution in [2.45, 2.75) is 76.6 Å². The van der Waals surface area contributed by atoms with E-state index in [9.17, 15) is 24.0 Å². The molecule has 13 heteroatoms. The molecule has 1 N–H and O–H groups in total. The van der Waals surface area contributed by atoms with Gasteiger partial charge < -0.3 is 14.5 Å². The van der Waals surface area contributed by atoms with Crippen molar-refractivity contribution < 1.29 is 28.7 Å². The zero-order valence-corrected chi connectivity index (χ0v) is 31.9. The fourth-order valence-corrected chi connectivity index (χ4v) is 9.91.